The van der Waals surface area contributed by atoms with E-state index in [9.17, 15) is 4.39 Å². The van der Waals surface area contributed by atoms with Crippen LogP contribution in [0.15, 0.2) is 18.2 Å². The van der Waals surface area contributed by atoms with E-state index in [0.29, 0.717) is 13.0 Å². The number of benzene rings is 1. The zero-order valence-corrected chi connectivity index (χ0v) is 13.7. The Kier molecular flexibility index (Phi) is 6.44. The van der Waals surface area contributed by atoms with E-state index in [4.69, 9.17) is 16.3 Å². The number of hydrogen-bond acceptors (Lipinski definition) is 2. The van der Waals surface area contributed by atoms with Crippen molar-refractivity contribution in [3.8, 4) is 0 Å². The van der Waals surface area contributed by atoms with Gasteiger partial charge in [0.15, 0.2) is 0 Å². The lowest BCUT2D eigenvalue weighted by atomic mass is 9.82. The lowest BCUT2D eigenvalue weighted by Crippen LogP contribution is -2.48. The van der Waals surface area contributed by atoms with E-state index in [1.54, 1.807) is 6.07 Å². The molecule has 1 aromatic rings. The summed E-state index contributed by atoms with van der Waals surface area (Å²) < 4.78 is 19.4. The molecular weight excluding hydrogens is 277 g/mol. The van der Waals surface area contributed by atoms with Gasteiger partial charge in [0.05, 0.1) is 11.1 Å². The summed E-state index contributed by atoms with van der Waals surface area (Å²) in [6.07, 6.45) is 0.753. The van der Waals surface area contributed by atoms with Crippen molar-refractivity contribution in [3.63, 3.8) is 0 Å². The van der Waals surface area contributed by atoms with E-state index in [0.717, 1.165) is 5.56 Å². The normalized spacial score (nSPS) is 15.2. The molecular formula is C16H25ClFNO. The fraction of sp³-hybridized carbons (Fsp3) is 0.625. The molecule has 1 aromatic carbocycles. The summed E-state index contributed by atoms with van der Waals surface area (Å²) in [5, 5.41) is 3.45. The van der Waals surface area contributed by atoms with E-state index in [-0.39, 0.29) is 28.4 Å². The molecule has 0 bridgehead atoms. The maximum Gasteiger partial charge on any atom is 0.142 e. The number of halogens is 2. The topological polar surface area (TPSA) is 21.3 Å². The van der Waals surface area contributed by atoms with Crippen molar-refractivity contribution in [3.05, 3.63) is 34.6 Å². The third-order valence-corrected chi connectivity index (χ3v) is 3.68. The Morgan fingerprint density at radius 3 is 2.45 bits per heavy atom. The maximum absolute atomic E-state index is 13.5. The van der Waals surface area contributed by atoms with Gasteiger partial charge in [-0.25, -0.2) is 4.39 Å². The second-order valence-electron chi connectivity index (χ2n) is 6.09. The zero-order chi connectivity index (χ0) is 15.3. The van der Waals surface area contributed by atoms with E-state index in [2.05, 4.69) is 26.1 Å². The average Bonchev–Trinajstić information content (AvgIpc) is 2.36. The highest BCUT2D eigenvalue weighted by molar-refractivity contribution is 6.30. The maximum atomic E-state index is 13.5. The van der Waals surface area contributed by atoms with E-state index in [1.165, 1.54) is 6.07 Å². The Labute approximate surface area is 126 Å². The van der Waals surface area contributed by atoms with Crippen LogP contribution in [0.1, 0.15) is 33.3 Å². The molecule has 0 spiro atoms. The quantitative estimate of drug-likeness (QED) is 0.855. The summed E-state index contributed by atoms with van der Waals surface area (Å²) in [5.74, 6) is -0.372. The van der Waals surface area contributed by atoms with Gasteiger partial charge < -0.3 is 10.1 Å². The summed E-state index contributed by atoms with van der Waals surface area (Å²) >= 11 is 5.72. The van der Waals surface area contributed by atoms with Gasteiger partial charge in [-0.05, 0) is 43.5 Å². The van der Waals surface area contributed by atoms with Gasteiger partial charge >= 0.3 is 0 Å². The molecule has 0 aliphatic rings. The average molecular weight is 302 g/mol. The number of hydrogen-bond donors (Lipinski definition) is 1. The molecule has 0 amide bonds. The number of nitrogens with one attached hydrogen (secondary N) is 1. The smallest absolute Gasteiger partial charge is 0.142 e. The van der Waals surface area contributed by atoms with Gasteiger partial charge in [-0.3, -0.25) is 0 Å². The summed E-state index contributed by atoms with van der Waals surface area (Å²) in [4.78, 5) is 0. The Morgan fingerprint density at radius 2 is 2.00 bits per heavy atom. The molecule has 20 heavy (non-hydrogen) atoms. The van der Waals surface area contributed by atoms with E-state index >= 15 is 0 Å². The van der Waals surface area contributed by atoms with Crippen molar-refractivity contribution < 1.29 is 9.13 Å². The van der Waals surface area contributed by atoms with Crippen molar-refractivity contribution in [1.29, 1.82) is 0 Å². The third-order valence-electron chi connectivity index (χ3n) is 3.38. The first-order valence-electron chi connectivity index (χ1n) is 7.02. The Morgan fingerprint density at radius 1 is 1.35 bits per heavy atom. The van der Waals surface area contributed by atoms with Crippen LogP contribution in [0.4, 0.5) is 4.39 Å². The van der Waals surface area contributed by atoms with Gasteiger partial charge in [0, 0.05) is 12.6 Å². The zero-order valence-electron chi connectivity index (χ0n) is 13.0. The van der Waals surface area contributed by atoms with Crippen molar-refractivity contribution in [2.24, 2.45) is 5.41 Å². The highest BCUT2D eigenvalue weighted by Crippen LogP contribution is 2.27. The van der Waals surface area contributed by atoms with Gasteiger partial charge in [-0.15, -0.1) is 0 Å². The molecule has 0 fully saturated rings. The van der Waals surface area contributed by atoms with E-state index in [1.807, 2.05) is 20.0 Å². The van der Waals surface area contributed by atoms with Crippen LogP contribution in [-0.4, -0.2) is 25.8 Å². The molecule has 0 heterocycles. The van der Waals surface area contributed by atoms with Crippen LogP contribution in [0.25, 0.3) is 0 Å². The first-order valence-corrected chi connectivity index (χ1v) is 7.40. The van der Waals surface area contributed by atoms with Gasteiger partial charge in [0.2, 0.25) is 0 Å². The predicted molar refractivity (Wildman–Crippen MR) is 82.8 cm³/mol. The Bertz CT molecular complexity index is 431. The fourth-order valence-corrected chi connectivity index (χ4v) is 2.55. The summed E-state index contributed by atoms with van der Waals surface area (Å²) in [6.45, 7) is 9.11. The van der Waals surface area contributed by atoms with Crippen LogP contribution >= 0.6 is 11.6 Å². The van der Waals surface area contributed by atoms with Gasteiger partial charge in [-0.2, -0.15) is 0 Å². The monoisotopic (exact) mass is 301 g/mol. The standard InChI is InChI=1S/C16H25ClFNO/c1-6-20-15(16(2,3)4)14(19-5)10-11-7-8-12(17)13(18)9-11/h7-9,14-15,19H,6,10H2,1-5H3. The summed E-state index contributed by atoms with van der Waals surface area (Å²) in [7, 11) is 1.91. The lowest BCUT2D eigenvalue weighted by molar-refractivity contribution is -0.0340. The molecule has 114 valence electrons. The molecule has 1 rings (SSSR count). The minimum Gasteiger partial charge on any atom is -0.376 e. The minimum absolute atomic E-state index is 0.00859. The SMILES string of the molecule is CCOC(C(Cc1ccc(Cl)c(F)c1)NC)C(C)(C)C. The fourth-order valence-electron chi connectivity index (χ4n) is 2.43. The van der Waals surface area contributed by atoms with Crippen LogP contribution in [0, 0.1) is 11.2 Å². The molecule has 0 saturated carbocycles. The first-order chi connectivity index (χ1) is 9.29. The van der Waals surface area contributed by atoms with Gasteiger partial charge in [0.1, 0.15) is 5.82 Å². The lowest BCUT2D eigenvalue weighted by Gasteiger charge is -2.36. The second kappa shape index (κ2) is 7.39. The highest BCUT2D eigenvalue weighted by Gasteiger charge is 2.32. The molecule has 0 aromatic heterocycles. The molecule has 4 heteroatoms. The van der Waals surface area contributed by atoms with Crippen molar-refractivity contribution >= 4 is 11.6 Å². The molecule has 0 radical (unpaired) electrons. The molecule has 0 aliphatic heterocycles. The van der Waals surface area contributed by atoms with E-state index < -0.39 is 0 Å². The molecule has 2 unspecified atom stereocenters. The van der Waals surface area contributed by atoms with Gasteiger partial charge in [0.25, 0.3) is 0 Å². The van der Waals surface area contributed by atoms with Crippen LogP contribution in [-0.2, 0) is 11.2 Å². The van der Waals surface area contributed by atoms with Crippen LogP contribution in [0.5, 0.6) is 0 Å². The minimum atomic E-state index is -0.372. The summed E-state index contributed by atoms with van der Waals surface area (Å²) in [6, 6.07) is 5.08. The van der Waals surface area contributed by atoms with Crippen molar-refractivity contribution in [2.45, 2.75) is 46.3 Å². The molecule has 0 saturated heterocycles. The largest absolute Gasteiger partial charge is 0.376 e. The van der Waals surface area contributed by atoms with Crippen molar-refractivity contribution in [2.75, 3.05) is 13.7 Å². The second-order valence-corrected chi connectivity index (χ2v) is 6.50. The van der Waals surface area contributed by atoms with Crippen LogP contribution in [0.2, 0.25) is 5.02 Å². The molecule has 0 aliphatic carbocycles. The van der Waals surface area contributed by atoms with Crippen LogP contribution in [0.3, 0.4) is 0 Å². The highest BCUT2D eigenvalue weighted by atomic mass is 35.5. The summed E-state index contributed by atoms with van der Waals surface area (Å²) in [5.41, 5.74) is 0.925. The third kappa shape index (κ3) is 4.72. The molecule has 2 atom stereocenters. The number of rotatable bonds is 6. The van der Waals surface area contributed by atoms with Gasteiger partial charge in [-0.1, -0.05) is 38.4 Å². The number of ether oxygens (including phenoxy) is 1. The first kappa shape index (κ1) is 17.4. The number of likely N-dealkylation sites (N-methyl/N-ethyl adjacent to an activating group) is 1. The molecule has 2 nitrogen and oxygen atoms in total. The Balaban J connectivity index is 2.91. The van der Waals surface area contributed by atoms with Crippen molar-refractivity contribution in [1.82, 2.24) is 5.32 Å². The van der Waals surface area contributed by atoms with Crippen LogP contribution < -0.4 is 5.32 Å². The molecule has 1 N–H and O–H groups in total. The Hall–Kier alpha value is -0.640. The predicted octanol–water partition coefficient (Wildman–Crippen LogP) is 4.06.